The second-order valence-corrected chi connectivity index (χ2v) is 6.70. The van der Waals surface area contributed by atoms with Crippen LogP contribution in [0.4, 0.5) is 13.2 Å². The molecule has 0 radical (unpaired) electrons. The Morgan fingerprint density at radius 2 is 2.00 bits per heavy atom. The number of carboxylic acids is 1. The average Bonchev–Trinajstić information content (AvgIpc) is 2.95. The van der Waals surface area contributed by atoms with Crippen LogP contribution in [0, 0.1) is 0 Å². The van der Waals surface area contributed by atoms with Gasteiger partial charge in [-0.1, -0.05) is 18.2 Å². The molecule has 0 fully saturated rings. The Bertz CT molecular complexity index is 1000. The highest BCUT2D eigenvalue weighted by Crippen LogP contribution is 2.24. The molecule has 6 nitrogen and oxygen atoms in total. The smallest absolute Gasteiger partial charge is 0.480 e. The first-order valence-corrected chi connectivity index (χ1v) is 8.91. The van der Waals surface area contributed by atoms with Gasteiger partial charge in [-0.15, -0.1) is 13.2 Å². The number of fused-ring (bicyclic) bond motifs is 1. The quantitative estimate of drug-likeness (QED) is 0.619. The predicted octanol–water partition coefficient (Wildman–Crippen LogP) is 3.53. The maximum Gasteiger partial charge on any atom is 0.573 e. The molecule has 3 aromatic rings. The molecule has 0 unspecified atom stereocenters. The first kappa shape index (κ1) is 20.7. The Morgan fingerprint density at radius 3 is 2.72 bits per heavy atom. The Labute approximate surface area is 165 Å². The van der Waals surface area contributed by atoms with E-state index in [1.165, 1.54) is 18.2 Å². The summed E-state index contributed by atoms with van der Waals surface area (Å²) < 4.78 is 43.2. The summed E-state index contributed by atoms with van der Waals surface area (Å²) in [5, 5.41) is 8.97. The maximum absolute atomic E-state index is 12.4. The number of carbonyl (C=O) groups is 1. The molecule has 3 rings (SSSR count). The van der Waals surface area contributed by atoms with Crippen molar-refractivity contribution in [3.05, 3.63) is 65.6 Å². The molecule has 29 heavy (non-hydrogen) atoms. The van der Waals surface area contributed by atoms with Gasteiger partial charge < -0.3 is 14.2 Å². The fraction of sp³-hybridized carbons (Fsp3) is 0.300. The van der Waals surface area contributed by atoms with Crippen molar-refractivity contribution in [2.45, 2.75) is 25.7 Å². The summed E-state index contributed by atoms with van der Waals surface area (Å²) in [6.45, 7) is 0.227. The molecule has 0 saturated carbocycles. The number of alkyl halides is 3. The number of aryl methyl sites for hydroxylation is 2. The van der Waals surface area contributed by atoms with Crippen molar-refractivity contribution in [2.24, 2.45) is 0 Å². The molecule has 9 heteroatoms. The number of nitrogens with zero attached hydrogens (tertiary/aromatic N) is 3. The van der Waals surface area contributed by atoms with E-state index in [1.54, 1.807) is 18.0 Å². The zero-order chi connectivity index (χ0) is 21.0. The summed E-state index contributed by atoms with van der Waals surface area (Å²) in [5.74, 6) is -1.19. The Hall–Kier alpha value is -3.07. The number of rotatable bonds is 8. The minimum Gasteiger partial charge on any atom is -0.480 e. The van der Waals surface area contributed by atoms with E-state index in [4.69, 9.17) is 5.11 Å². The van der Waals surface area contributed by atoms with Gasteiger partial charge in [0, 0.05) is 18.4 Å². The third-order valence-electron chi connectivity index (χ3n) is 4.32. The molecular weight excluding hydrogens is 387 g/mol. The van der Waals surface area contributed by atoms with Crippen molar-refractivity contribution in [1.29, 1.82) is 0 Å². The zero-order valence-electron chi connectivity index (χ0n) is 15.7. The van der Waals surface area contributed by atoms with Gasteiger partial charge in [0.05, 0.1) is 12.2 Å². The number of hydrogen-bond acceptors (Lipinski definition) is 4. The van der Waals surface area contributed by atoms with Crippen LogP contribution in [0.2, 0.25) is 0 Å². The summed E-state index contributed by atoms with van der Waals surface area (Å²) in [4.78, 5) is 17.2. The number of benzene rings is 1. The molecule has 0 saturated heterocycles. The second-order valence-electron chi connectivity index (χ2n) is 6.70. The monoisotopic (exact) mass is 407 g/mol. The summed E-state index contributed by atoms with van der Waals surface area (Å²) in [6.07, 6.45) is -1.87. The third kappa shape index (κ3) is 5.71. The lowest BCUT2D eigenvalue weighted by molar-refractivity contribution is -0.274. The van der Waals surface area contributed by atoms with Crippen molar-refractivity contribution in [1.82, 2.24) is 14.3 Å². The van der Waals surface area contributed by atoms with Crippen molar-refractivity contribution < 1.29 is 27.8 Å². The van der Waals surface area contributed by atoms with E-state index in [-0.39, 0.29) is 12.3 Å². The molecule has 1 N–H and O–H groups in total. The van der Waals surface area contributed by atoms with E-state index in [9.17, 15) is 18.0 Å². The first-order valence-electron chi connectivity index (χ1n) is 8.91. The van der Waals surface area contributed by atoms with E-state index in [2.05, 4.69) is 9.72 Å². The van der Waals surface area contributed by atoms with Crippen LogP contribution in [0.25, 0.3) is 5.65 Å². The highest BCUT2D eigenvalue weighted by atomic mass is 19.4. The fourth-order valence-electron chi connectivity index (χ4n) is 3.19. The normalized spacial score (nSPS) is 11.9. The van der Waals surface area contributed by atoms with E-state index >= 15 is 0 Å². The van der Waals surface area contributed by atoms with Gasteiger partial charge in [-0.25, -0.2) is 4.98 Å². The Morgan fingerprint density at radius 1 is 1.21 bits per heavy atom. The molecule has 0 aliphatic carbocycles. The number of likely N-dealkylation sites (N-methyl/N-ethyl adjacent to an activating group) is 1. The molecule has 0 bridgehead atoms. The van der Waals surface area contributed by atoms with Crippen LogP contribution in [-0.2, 0) is 24.2 Å². The standard InChI is InChI=1S/C20H20F3N3O3/c1-25(13-19(27)28)12-16-17(26-10-3-2-7-18(26)24-16)9-8-14-5-4-6-15(11-14)29-20(21,22)23/h2-7,10-11H,8-9,12-13H2,1H3,(H,27,28). The molecule has 0 atom stereocenters. The van der Waals surface area contributed by atoms with E-state index in [0.717, 1.165) is 17.0 Å². The number of carboxylic acid groups (broad SMARTS) is 1. The van der Waals surface area contributed by atoms with Gasteiger partial charge in [0.25, 0.3) is 0 Å². The van der Waals surface area contributed by atoms with Crippen molar-refractivity contribution in [3.8, 4) is 5.75 Å². The lowest BCUT2D eigenvalue weighted by Crippen LogP contribution is -2.25. The lowest BCUT2D eigenvalue weighted by Gasteiger charge is -2.14. The van der Waals surface area contributed by atoms with Crippen LogP contribution in [0.15, 0.2) is 48.7 Å². The number of halogens is 3. The molecule has 0 spiro atoms. The van der Waals surface area contributed by atoms with Crippen LogP contribution in [0.3, 0.4) is 0 Å². The fourth-order valence-corrected chi connectivity index (χ4v) is 3.19. The number of imidazole rings is 1. The average molecular weight is 407 g/mol. The minimum absolute atomic E-state index is 0.121. The highest BCUT2D eigenvalue weighted by Gasteiger charge is 2.31. The summed E-state index contributed by atoms with van der Waals surface area (Å²) in [6, 6.07) is 11.5. The van der Waals surface area contributed by atoms with E-state index in [0.29, 0.717) is 24.9 Å². The number of aromatic nitrogens is 2. The van der Waals surface area contributed by atoms with Crippen molar-refractivity contribution >= 4 is 11.6 Å². The molecule has 1 aromatic carbocycles. The molecule has 2 heterocycles. The zero-order valence-corrected chi connectivity index (χ0v) is 15.7. The van der Waals surface area contributed by atoms with Crippen molar-refractivity contribution in [3.63, 3.8) is 0 Å². The van der Waals surface area contributed by atoms with Crippen molar-refractivity contribution in [2.75, 3.05) is 13.6 Å². The maximum atomic E-state index is 12.4. The van der Waals surface area contributed by atoms with Crippen LogP contribution >= 0.6 is 0 Å². The molecule has 0 amide bonds. The van der Waals surface area contributed by atoms with Crippen LogP contribution in [0.5, 0.6) is 5.75 Å². The van der Waals surface area contributed by atoms with Gasteiger partial charge in [0.1, 0.15) is 11.4 Å². The molecule has 2 aromatic heterocycles. The second kappa shape index (κ2) is 8.52. The van der Waals surface area contributed by atoms with Crippen LogP contribution < -0.4 is 4.74 Å². The predicted molar refractivity (Wildman–Crippen MR) is 99.7 cm³/mol. The summed E-state index contributed by atoms with van der Waals surface area (Å²) in [7, 11) is 1.69. The van der Waals surface area contributed by atoms with Crippen LogP contribution in [0.1, 0.15) is 17.0 Å². The molecular formula is C20H20F3N3O3. The Kier molecular flexibility index (Phi) is 6.07. The van der Waals surface area contributed by atoms with Gasteiger partial charge in [-0.2, -0.15) is 0 Å². The minimum atomic E-state index is -4.73. The summed E-state index contributed by atoms with van der Waals surface area (Å²) in [5.41, 5.74) is 3.06. The first-order chi connectivity index (χ1) is 13.7. The number of hydrogen-bond donors (Lipinski definition) is 1. The van der Waals surface area contributed by atoms with Gasteiger partial charge >= 0.3 is 12.3 Å². The Balaban J connectivity index is 1.81. The summed E-state index contributed by atoms with van der Waals surface area (Å²) >= 11 is 0. The van der Waals surface area contributed by atoms with E-state index in [1.807, 2.05) is 28.8 Å². The SMILES string of the molecule is CN(CC(=O)O)Cc1nc2ccccn2c1CCc1cccc(OC(F)(F)F)c1. The number of aliphatic carboxylic acids is 1. The third-order valence-corrected chi connectivity index (χ3v) is 4.32. The number of ether oxygens (including phenoxy) is 1. The molecule has 154 valence electrons. The van der Waals surface area contributed by atoms with Gasteiger partial charge in [0.15, 0.2) is 0 Å². The van der Waals surface area contributed by atoms with E-state index < -0.39 is 12.3 Å². The van der Waals surface area contributed by atoms with Gasteiger partial charge in [-0.05, 0) is 49.7 Å². The highest BCUT2D eigenvalue weighted by molar-refractivity contribution is 5.69. The largest absolute Gasteiger partial charge is 0.573 e. The topological polar surface area (TPSA) is 67.1 Å². The molecule has 0 aliphatic heterocycles. The van der Waals surface area contributed by atoms with Gasteiger partial charge in [0.2, 0.25) is 0 Å². The lowest BCUT2D eigenvalue weighted by atomic mass is 10.1. The van der Waals surface area contributed by atoms with Gasteiger partial charge in [-0.3, -0.25) is 9.69 Å². The van der Waals surface area contributed by atoms with Crippen LogP contribution in [-0.4, -0.2) is 45.3 Å². The number of pyridine rings is 1. The molecule has 0 aliphatic rings.